The lowest BCUT2D eigenvalue weighted by molar-refractivity contribution is -0.123. The zero-order valence-electron chi connectivity index (χ0n) is 72.7. The molecule has 13 heteroatoms. The summed E-state index contributed by atoms with van der Waals surface area (Å²) in [6.07, 6.45) is 8.13. The topological polar surface area (TPSA) is 210 Å². The van der Waals surface area contributed by atoms with Crippen molar-refractivity contribution in [3.05, 3.63) is 295 Å². The first-order chi connectivity index (χ1) is 55.2. The van der Waals surface area contributed by atoms with Crippen LogP contribution in [0, 0.1) is 128 Å². The largest absolute Gasteiger partial charge is 0.508 e. The van der Waals surface area contributed by atoms with Gasteiger partial charge in [0.2, 0.25) is 0 Å². The molecule has 0 spiro atoms. The number of rotatable bonds is 25. The number of phenolic OH excluding ortho intramolecular Hbond substituents is 6. The second-order valence-electron chi connectivity index (χ2n) is 35.6. The lowest BCUT2D eigenvalue weighted by atomic mass is 9.55. The smallest absolute Gasteiger partial charge is 0.167 e. The molecule has 614 valence electrons. The number of carbonyl (C=O) groups is 3. The molecule has 14 rings (SSSR count). The number of benzene rings is 10. The van der Waals surface area contributed by atoms with E-state index < -0.39 is 28.6 Å². The number of ketones is 3. The van der Waals surface area contributed by atoms with Gasteiger partial charge in [0.1, 0.15) is 71.6 Å². The van der Waals surface area contributed by atoms with Crippen molar-refractivity contribution in [1.29, 1.82) is 0 Å². The molecule has 0 radical (unpaired) electrons. The minimum absolute atomic E-state index is 0.140. The zero-order valence-corrected chi connectivity index (χ0v) is 72.7. The van der Waals surface area contributed by atoms with Crippen LogP contribution in [0.4, 0.5) is 0 Å². The number of carbonyl (C=O) groups excluding carboxylic acids is 3. The molecule has 117 heavy (non-hydrogen) atoms. The van der Waals surface area contributed by atoms with Gasteiger partial charge in [-0.05, 0) is 387 Å². The van der Waals surface area contributed by atoms with E-state index in [4.69, 9.17) is 18.9 Å². The first-order valence-electron chi connectivity index (χ1n) is 41.5. The summed E-state index contributed by atoms with van der Waals surface area (Å²) in [7, 11) is 0. The molecule has 0 heterocycles. The Morgan fingerprint density at radius 2 is 0.564 bits per heavy atom. The van der Waals surface area contributed by atoms with Crippen molar-refractivity contribution in [3.63, 3.8) is 0 Å². The number of Topliss-reactive ketones (excluding diaryl/α,β-unsaturated/α-hetero) is 3. The molecular formula is C104H120O13. The van der Waals surface area contributed by atoms with Gasteiger partial charge in [0.25, 0.3) is 0 Å². The van der Waals surface area contributed by atoms with Crippen molar-refractivity contribution in [2.24, 2.45) is 23.7 Å². The van der Waals surface area contributed by atoms with E-state index in [1.54, 1.807) is 42.8 Å². The molecule has 0 unspecified atom stereocenters. The summed E-state index contributed by atoms with van der Waals surface area (Å²) in [5.41, 5.74) is 21.6. The van der Waals surface area contributed by atoms with Crippen molar-refractivity contribution in [3.8, 4) is 51.7 Å². The SMILES string of the molecule is CC(=O)COc1c(C)cc(C(C)(C)c2ccc(C(C)(c3cc(C)c(OCC(C)=O)c(C(c4cc(C)c(O)cc4C)c4cc(C)c(O)cc4C)c3)c3cc(C)c(OCC(C)=O)c(C(c4cc(C)c(O)cc4C)c4cc(C)c(O)cc4C)c3)cc2)cc1C(c1cc(C)c(O)cc1C)c1cc(C)c(O)cc1C.CCOC1C2CC3CC(C2)CC1C3. The van der Waals surface area contributed by atoms with Crippen LogP contribution in [0.1, 0.15) is 260 Å². The summed E-state index contributed by atoms with van der Waals surface area (Å²) < 4.78 is 26.1. The Labute approximate surface area is 693 Å². The standard InChI is InChI=1S/C92H100O12.C12H20O/c1-47-35-79(96)53(7)29-70(47)85(71-30-54(8)80(97)36-48(71)2)76-41-67(26-59(13)88(76)102-44-62(16)93)91(19,20)65-22-24-66(25-23-65)92(21,68-27-60(14)89(103-45-63(17)94)77(42-68)86(72-31-55(9)81(98)37-49(72)3)73-32-56(10)82(99)38-50(73)4)69-28-61(15)90(104-46-64(18)95)78(43-69)87(74-33-57(11)83(100)39-51(74)5)75-34-58(12)84(101)40-52(75)6;1-2-13-12-10-4-8-3-9(6-10)7-11(12)5-8/h22-43,85-87,96-101H,44-46H2,1-21H3;8-12H,2-7H2,1H3. The van der Waals surface area contributed by atoms with Crippen LogP contribution in [-0.2, 0) is 30.0 Å². The van der Waals surface area contributed by atoms with Crippen molar-refractivity contribution < 1.29 is 64.0 Å². The summed E-state index contributed by atoms with van der Waals surface area (Å²) in [5.74, 6) is 4.38. The van der Waals surface area contributed by atoms with Gasteiger partial charge in [-0.15, -0.1) is 0 Å². The van der Waals surface area contributed by atoms with Crippen molar-refractivity contribution >= 4 is 17.3 Å². The summed E-state index contributed by atoms with van der Waals surface area (Å²) in [6, 6.07) is 44.4. The highest BCUT2D eigenvalue weighted by molar-refractivity contribution is 5.79. The third-order valence-electron chi connectivity index (χ3n) is 26.0. The van der Waals surface area contributed by atoms with Crippen LogP contribution in [-0.4, -0.2) is 80.5 Å². The van der Waals surface area contributed by atoms with Crippen LogP contribution < -0.4 is 14.2 Å². The van der Waals surface area contributed by atoms with E-state index in [0.717, 1.165) is 158 Å². The van der Waals surface area contributed by atoms with Gasteiger partial charge in [-0.1, -0.05) is 98.8 Å². The Morgan fingerprint density at radius 1 is 0.316 bits per heavy atom. The maximum Gasteiger partial charge on any atom is 0.167 e. The fraction of sp³-hybridized carbons (Fsp3) is 0.394. The number of aryl methyl sites for hydroxylation is 15. The highest BCUT2D eigenvalue weighted by atomic mass is 16.5. The third-order valence-corrected chi connectivity index (χ3v) is 26.0. The van der Waals surface area contributed by atoms with Gasteiger partial charge in [0.15, 0.2) is 17.3 Å². The number of hydrogen-bond donors (Lipinski definition) is 6. The summed E-state index contributed by atoms with van der Waals surface area (Å²) >= 11 is 0. The van der Waals surface area contributed by atoms with Crippen molar-refractivity contribution in [2.45, 2.75) is 219 Å². The Morgan fingerprint density at radius 3 is 0.821 bits per heavy atom. The van der Waals surface area contributed by atoms with Crippen LogP contribution in [0.3, 0.4) is 0 Å². The minimum Gasteiger partial charge on any atom is -0.508 e. The normalized spacial score (nSPS) is 16.4. The first kappa shape index (κ1) is 85.7. The molecule has 4 bridgehead atoms. The number of aromatic hydroxyl groups is 6. The van der Waals surface area contributed by atoms with Gasteiger partial charge in [0.05, 0.1) is 6.10 Å². The maximum atomic E-state index is 13.2. The molecule has 4 aliphatic carbocycles. The van der Waals surface area contributed by atoms with Gasteiger partial charge in [0, 0.05) is 51.9 Å². The second-order valence-corrected chi connectivity index (χ2v) is 35.6. The average Bonchev–Trinajstić information content (AvgIpc) is 0.732. The van der Waals surface area contributed by atoms with E-state index in [1.807, 2.05) is 140 Å². The van der Waals surface area contributed by atoms with E-state index in [-0.39, 0.29) is 71.7 Å². The lowest BCUT2D eigenvalue weighted by Crippen LogP contribution is -2.49. The Balaban J connectivity index is 0.000000870. The molecule has 10 aromatic carbocycles. The predicted octanol–water partition coefficient (Wildman–Crippen LogP) is 22.5. The van der Waals surface area contributed by atoms with Crippen molar-refractivity contribution in [2.75, 3.05) is 26.4 Å². The third kappa shape index (κ3) is 17.3. The zero-order chi connectivity index (χ0) is 85.0. The predicted molar refractivity (Wildman–Crippen MR) is 467 cm³/mol. The summed E-state index contributed by atoms with van der Waals surface area (Å²) in [4.78, 5) is 39.3. The second kappa shape index (κ2) is 34.1. The van der Waals surface area contributed by atoms with Crippen LogP contribution in [0.15, 0.2) is 133 Å². The van der Waals surface area contributed by atoms with Gasteiger partial charge < -0.3 is 49.6 Å². The van der Waals surface area contributed by atoms with Crippen molar-refractivity contribution in [1.82, 2.24) is 0 Å². The highest BCUT2D eigenvalue weighted by Gasteiger charge is 2.49. The monoisotopic (exact) mass is 1580 g/mol. The molecule has 13 nitrogen and oxygen atoms in total. The number of phenols is 6. The fourth-order valence-corrected chi connectivity index (χ4v) is 19.6. The Kier molecular flexibility index (Phi) is 25.0. The molecule has 0 amide bonds. The number of hydrogen-bond acceptors (Lipinski definition) is 13. The van der Waals surface area contributed by atoms with Gasteiger partial charge >= 0.3 is 0 Å². The molecule has 4 aliphatic rings. The molecule has 10 aromatic rings. The summed E-state index contributed by atoms with van der Waals surface area (Å²) in [5, 5.41) is 67.5. The first-order valence-corrected chi connectivity index (χ1v) is 41.5. The molecule has 6 N–H and O–H groups in total. The summed E-state index contributed by atoms with van der Waals surface area (Å²) in [6.45, 7) is 42.7. The molecule has 0 atom stereocenters. The van der Waals surface area contributed by atoms with Gasteiger partial charge in [-0.2, -0.15) is 0 Å². The highest BCUT2D eigenvalue weighted by Crippen LogP contribution is 2.56. The molecule has 0 saturated heterocycles. The van der Waals surface area contributed by atoms with Gasteiger partial charge in [-0.3, -0.25) is 14.4 Å². The van der Waals surface area contributed by atoms with Crippen LogP contribution >= 0.6 is 0 Å². The minimum atomic E-state index is -1.12. The van der Waals surface area contributed by atoms with E-state index >= 15 is 0 Å². The van der Waals surface area contributed by atoms with Crippen LogP contribution in [0.2, 0.25) is 0 Å². The average molecular weight is 1580 g/mol. The number of ether oxygens (including phenoxy) is 4. The molecule has 0 aromatic heterocycles. The quantitative estimate of drug-likeness (QED) is 0.0295. The van der Waals surface area contributed by atoms with E-state index in [1.165, 1.54) is 46.5 Å². The van der Waals surface area contributed by atoms with E-state index in [9.17, 15) is 45.0 Å². The van der Waals surface area contributed by atoms with Crippen LogP contribution in [0.5, 0.6) is 51.7 Å². The van der Waals surface area contributed by atoms with Crippen LogP contribution in [0.25, 0.3) is 0 Å². The lowest BCUT2D eigenvalue weighted by Gasteiger charge is -2.53. The molecule has 4 fully saturated rings. The molecule has 4 saturated carbocycles. The Hall–Kier alpha value is -10.6. The Bertz CT molecular complexity index is 5130. The van der Waals surface area contributed by atoms with E-state index in [2.05, 4.69) is 88.4 Å². The fourth-order valence-electron chi connectivity index (χ4n) is 19.6. The molecule has 0 aliphatic heterocycles. The van der Waals surface area contributed by atoms with Gasteiger partial charge in [-0.25, -0.2) is 0 Å². The molecular weight excluding hydrogens is 1460 g/mol. The van der Waals surface area contributed by atoms with E-state index in [0.29, 0.717) is 56.7 Å². The maximum absolute atomic E-state index is 13.2.